The number of aryl methyl sites for hydroxylation is 1. The van der Waals surface area contributed by atoms with Gasteiger partial charge in [0.25, 0.3) is 0 Å². The lowest BCUT2D eigenvalue weighted by Gasteiger charge is -2.09. The van der Waals surface area contributed by atoms with Crippen LogP contribution in [0.5, 0.6) is 11.5 Å². The van der Waals surface area contributed by atoms with E-state index in [-0.39, 0.29) is 12.3 Å². The van der Waals surface area contributed by atoms with E-state index < -0.39 is 0 Å². The molecule has 0 radical (unpaired) electrons. The molecule has 0 aliphatic carbocycles. The Kier molecular flexibility index (Phi) is 7.61. The molecule has 0 saturated heterocycles. The number of rotatable bonds is 9. The molecule has 0 atom stereocenters. The van der Waals surface area contributed by atoms with E-state index in [4.69, 9.17) is 9.47 Å². The van der Waals surface area contributed by atoms with E-state index in [1.165, 1.54) is 5.56 Å². The van der Waals surface area contributed by atoms with Crippen LogP contribution in [0, 0.1) is 6.92 Å². The molecule has 3 aromatic rings. The van der Waals surface area contributed by atoms with Crippen molar-refractivity contribution in [1.82, 2.24) is 5.43 Å². The molecule has 3 aromatic carbocycles. The molecule has 0 unspecified atom stereocenters. The average molecular weight is 402 g/mol. The van der Waals surface area contributed by atoms with Crippen LogP contribution >= 0.6 is 0 Å². The van der Waals surface area contributed by atoms with Gasteiger partial charge in [0.05, 0.1) is 19.2 Å². The smallest absolute Gasteiger partial charge is 0.244 e. The van der Waals surface area contributed by atoms with Gasteiger partial charge in [0.15, 0.2) is 0 Å². The van der Waals surface area contributed by atoms with Crippen molar-refractivity contribution < 1.29 is 14.3 Å². The van der Waals surface area contributed by atoms with E-state index in [9.17, 15) is 4.79 Å². The van der Waals surface area contributed by atoms with Gasteiger partial charge in [0.2, 0.25) is 5.91 Å². The molecule has 30 heavy (non-hydrogen) atoms. The summed E-state index contributed by atoms with van der Waals surface area (Å²) < 4.78 is 11.3. The standard InChI is InChI=1S/C25H26N2O3/c1-3-29-23-14-12-20(13-15-23)16-25(28)27-26-17-22-6-4-5-7-24(22)30-18-21-10-8-19(2)9-11-21/h4-15,17H,3,16,18H2,1-2H3,(H,27,28)/b26-17-. The first-order chi connectivity index (χ1) is 14.6. The molecule has 0 spiro atoms. The summed E-state index contributed by atoms with van der Waals surface area (Å²) in [6.07, 6.45) is 1.84. The van der Waals surface area contributed by atoms with E-state index in [1.54, 1.807) is 6.21 Å². The first kappa shape index (κ1) is 21.1. The van der Waals surface area contributed by atoms with E-state index in [0.29, 0.717) is 19.0 Å². The SMILES string of the molecule is CCOc1ccc(CC(=O)N/N=C\c2ccccc2OCc2ccc(C)cc2)cc1. The zero-order valence-electron chi connectivity index (χ0n) is 17.3. The van der Waals surface area contributed by atoms with Crippen molar-refractivity contribution in [3.63, 3.8) is 0 Å². The maximum atomic E-state index is 12.1. The minimum absolute atomic E-state index is 0.187. The van der Waals surface area contributed by atoms with Gasteiger partial charge in [0.1, 0.15) is 18.1 Å². The zero-order valence-corrected chi connectivity index (χ0v) is 17.3. The summed E-state index contributed by atoms with van der Waals surface area (Å²) in [5.41, 5.74) is 6.57. The predicted octanol–water partition coefficient (Wildman–Crippen LogP) is 4.67. The molecule has 0 heterocycles. The van der Waals surface area contributed by atoms with Gasteiger partial charge in [-0.15, -0.1) is 0 Å². The van der Waals surface area contributed by atoms with Gasteiger partial charge in [0, 0.05) is 5.56 Å². The Bertz CT molecular complexity index is 980. The van der Waals surface area contributed by atoms with Gasteiger partial charge >= 0.3 is 0 Å². The summed E-state index contributed by atoms with van der Waals surface area (Å²) in [5.74, 6) is 1.32. The third kappa shape index (κ3) is 6.48. The monoisotopic (exact) mass is 402 g/mol. The van der Waals surface area contributed by atoms with Crippen molar-refractivity contribution >= 4 is 12.1 Å². The Hall–Kier alpha value is -3.60. The molecule has 0 fully saturated rings. The minimum Gasteiger partial charge on any atom is -0.494 e. The highest BCUT2D eigenvalue weighted by molar-refractivity contribution is 5.85. The van der Waals surface area contributed by atoms with Crippen molar-refractivity contribution in [3.05, 3.63) is 95.1 Å². The first-order valence-corrected chi connectivity index (χ1v) is 9.95. The van der Waals surface area contributed by atoms with Gasteiger partial charge in [-0.1, -0.05) is 54.1 Å². The Balaban J connectivity index is 1.54. The number of carbonyl (C=O) groups is 1. The van der Waals surface area contributed by atoms with Crippen molar-refractivity contribution in [2.24, 2.45) is 5.10 Å². The average Bonchev–Trinajstić information content (AvgIpc) is 2.76. The molecule has 0 aliphatic heterocycles. The maximum absolute atomic E-state index is 12.1. The maximum Gasteiger partial charge on any atom is 0.244 e. The summed E-state index contributed by atoms with van der Waals surface area (Å²) in [4.78, 5) is 12.1. The van der Waals surface area contributed by atoms with Crippen LogP contribution in [0.2, 0.25) is 0 Å². The fourth-order valence-electron chi connectivity index (χ4n) is 2.83. The molecule has 0 aliphatic rings. The molecule has 5 nitrogen and oxygen atoms in total. The Morgan fingerprint density at radius 2 is 1.63 bits per heavy atom. The van der Waals surface area contributed by atoms with Crippen molar-refractivity contribution in [2.45, 2.75) is 26.9 Å². The van der Waals surface area contributed by atoms with Crippen LogP contribution < -0.4 is 14.9 Å². The normalized spacial score (nSPS) is 10.7. The van der Waals surface area contributed by atoms with Crippen molar-refractivity contribution in [1.29, 1.82) is 0 Å². The third-order valence-corrected chi connectivity index (χ3v) is 4.43. The second-order valence-electron chi connectivity index (χ2n) is 6.86. The Morgan fingerprint density at radius 3 is 2.37 bits per heavy atom. The second-order valence-corrected chi connectivity index (χ2v) is 6.86. The fraction of sp³-hybridized carbons (Fsp3) is 0.200. The van der Waals surface area contributed by atoms with Crippen molar-refractivity contribution in [3.8, 4) is 11.5 Å². The number of nitrogens with zero attached hydrogens (tertiary/aromatic N) is 1. The Labute approximate surface area is 177 Å². The molecule has 0 bridgehead atoms. The largest absolute Gasteiger partial charge is 0.494 e. The summed E-state index contributed by atoms with van der Waals surface area (Å²) >= 11 is 0. The fourth-order valence-corrected chi connectivity index (χ4v) is 2.83. The molecule has 154 valence electrons. The molecule has 3 rings (SSSR count). The molecule has 0 saturated carbocycles. The molecular formula is C25H26N2O3. The summed E-state index contributed by atoms with van der Waals surface area (Å²) in [5, 5.41) is 4.08. The van der Waals surface area contributed by atoms with Crippen LogP contribution in [0.4, 0.5) is 0 Å². The van der Waals surface area contributed by atoms with E-state index in [1.807, 2.05) is 67.6 Å². The molecule has 0 aromatic heterocycles. The van der Waals surface area contributed by atoms with Crippen LogP contribution in [0.3, 0.4) is 0 Å². The molecular weight excluding hydrogens is 376 g/mol. The van der Waals surface area contributed by atoms with Crippen molar-refractivity contribution in [2.75, 3.05) is 6.61 Å². The molecule has 1 amide bonds. The van der Waals surface area contributed by atoms with Crippen LogP contribution in [0.25, 0.3) is 0 Å². The van der Waals surface area contributed by atoms with Gasteiger partial charge in [-0.2, -0.15) is 5.10 Å². The lowest BCUT2D eigenvalue weighted by atomic mass is 10.1. The summed E-state index contributed by atoms with van der Waals surface area (Å²) in [7, 11) is 0. The molecule has 5 heteroatoms. The van der Waals surface area contributed by atoms with Crippen LogP contribution in [0.1, 0.15) is 29.2 Å². The highest BCUT2D eigenvalue weighted by atomic mass is 16.5. The lowest BCUT2D eigenvalue weighted by Crippen LogP contribution is -2.19. The summed E-state index contributed by atoms with van der Waals surface area (Å²) in [6.45, 7) is 5.08. The minimum atomic E-state index is -0.187. The van der Waals surface area contributed by atoms with Gasteiger partial charge in [-0.3, -0.25) is 4.79 Å². The van der Waals surface area contributed by atoms with Crippen LogP contribution in [-0.2, 0) is 17.8 Å². The number of hydrogen-bond acceptors (Lipinski definition) is 4. The predicted molar refractivity (Wildman–Crippen MR) is 119 cm³/mol. The molecule has 1 N–H and O–H groups in total. The zero-order chi connectivity index (χ0) is 21.2. The number of para-hydroxylation sites is 1. The highest BCUT2D eigenvalue weighted by Gasteiger charge is 2.04. The highest BCUT2D eigenvalue weighted by Crippen LogP contribution is 2.18. The summed E-state index contributed by atoms with van der Waals surface area (Å²) in [6, 6.07) is 23.3. The number of ether oxygens (including phenoxy) is 2. The first-order valence-electron chi connectivity index (χ1n) is 9.95. The number of carbonyl (C=O) groups excluding carboxylic acids is 1. The second kappa shape index (κ2) is 10.8. The van der Waals surface area contributed by atoms with Crippen LogP contribution in [0.15, 0.2) is 77.9 Å². The number of nitrogens with one attached hydrogen (secondary N) is 1. The van der Waals surface area contributed by atoms with E-state index in [2.05, 4.69) is 29.6 Å². The van der Waals surface area contributed by atoms with E-state index >= 15 is 0 Å². The quantitative estimate of drug-likeness (QED) is 0.418. The Morgan fingerprint density at radius 1 is 0.933 bits per heavy atom. The van der Waals surface area contributed by atoms with Gasteiger partial charge < -0.3 is 9.47 Å². The van der Waals surface area contributed by atoms with Gasteiger partial charge in [-0.05, 0) is 49.2 Å². The van der Waals surface area contributed by atoms with Crippen LogP contribution in [-0.4, -0.2) is 18.7 Å². The van der Waals surface area contributed by atoms with E-state index in [0.717, 1.165) is 22.4 Å². The topological polar surface area (TPSA) is 59.9 Å². The number of hydrogen-bond donors (Lipinski definition) is 1. The number of hydrazone groups is 1. The number of benzene rings is 3. The van der Waals surface area contributed by atoms with Gasteiger partial charge in [-0.25, -0.2) is 5.43 Å². The number of amides is 1. The lowest BCUT2D eigenvalue weighted by molar-refractivity contribution is -0.120. The third-order valence-electron chi connectivity index (χ3n) is 4.43.